The monoisotopic (exact) mass is 264 g/mol. The van der Waals surface area contributed by atoms with Gasteiger partial charge in [0.15, 0.2) is 0 Å². The lowest BCUT2D eigenvalue weighted by Gasteiger charge is -2.08. The second-order valence-corrected chi connectivity index (χ2v) is 6.60. The molecule has 0 radical (unpaired) electrons. The summed E-state index contributed by atoms with van der Waals surface area (Å²) in [5.74, 6) is 0. The highest BCUT2D eigenvalue weighted by molar-refractivity contribution is 7.91. The minimum absolute atomic E-state index is 0.137. The van der Waals surface area contributed by atoms with Gasteiger partial charge in [0.05, 0.1) is 16.8 Å². The van der Waals surface area contributed by atoms with Gasteiger partial charge in [0, 0.05) is 6.04 Å². The van der Waals surface area contributed by atoms with Crippen molar-refractivity contribution in [3.63, 3.8) is 0 Å². The molecule has 1 aromatic heterocycles. The number of nitrogens with one attached hydrogen (secondary N) is 1. The van der Waals surface area contributed by atoms with Crippen LogP contribution in [-0.4, -0.2) is 14.5 Å². The average molecular weight is 265 g/mol. The molecule has 0 aliphatic heterocycles. The summed E-state index contributed by atoms with van der Waals surface area (Å²) in [6.45, 7) is 1.63. The van der Waals surface area contributed by atoms with Gasteiger partial charge in [-0.25, -0.2) is 13.1 Å². The van der Waals surface area contributed by atoms with E-state index in [1.165, 1.54) is 12.1 Å². The van der Waals surface area contributed by atoms with Crippen LogP contribution in [0.2, 0.25) is 4.34 Å². The molecule has 0 fully saturated rings. The van der Waals surface area contributed by atoms with Crippen LogP contribution in [0.3, 0.4) is 0 Å². The van der Waals surface area contributed by atoms with Crippen molar-refractivity contribution < 1.29 is 8.42 Å². The molecule has 1 unspecified atom stereocenters. The van der Waals surface area contributed by atoms with E-state index in [9.17, 15) is 8.42 Å². The van der Waals surface area contributed by atoms with Crippen molar-refractivity contribution in [1.82, 2.24) is 4.72 Å². The Morgan fingerprint density at radius 2 is 2.33 bits per heavy atom. The first-order valence-electron chi connectivity index (χ1n) is 4.10. The Balaban J connectivity index is 2.81. The van der Waals surface area contributed by atoms with E-state index in [-0.39, 0.29) is 10.6 Å². The molecule has 7 heteroatoms. The first-order chi connectivity index (χ1) is 6.95. The molecule has 1 rings (SSSR count). The number of nitrogens with zero attached hydrogens (tertiary/aromatic N) is 1. The maximum absolute atomic E-state index is 11.7. The summed E-state index contributed by atoms with van der Waals surface area (Å²) in [5, 5.41) is 8.40. The molecule has 0 amide bonds. The standard InChI is InChI=1S/C8H9ClN2O2S2/c1-6(4-5-10)11-15(12,13)8-3-2-7(9)14-8/h2-3,6,11H,4H2,1H3. The third kappa shape index (κ3) is 3.47. The molecule has 1 heterocycles. The van der Waals surface area contributed by atoms with Gasteiger partial charge in [-0.05, 0) is 19.1 Å². The summed E-state index contributed by atoms with van der Waals surface area (Å²) in [6, 6.07) is 4.46. The molecule has 1 atom stereocenters. The molecule has 82 valence electrons. The zero-order chi connectivity index (χ0) is 11.5. The zero-order valence-corrected chi connectivity index (χ0v) is 10.3. The van der Waals surface area contributed by atoms with E-state index in [0.717, 1.165) is 11.3 Å². The van der Waals surface area contributed by atoms with Gasteiger partial charge in [-0.2, -0.15) is 5.26 Å². The highest BCUT2D eigenvalue weighted by atomic mass is 35.5. The van der Waals surface area contributed by atoms with Crippen molar-refractivity contribution >= 4 is 33.0 Å². The molecule has 0 saturated heterocycles. The summed E-state index contributed by atoms with van der Waals surface area (Å²) in [5.41, 5.74) is 0. The van der Waals surface area contributed by atoms with Gasteiger partial charge in [-0.15, -0.1) is 11.3 Å². The summed E-state index contributed by atoms with van der Waals surface area (Å²) >= 11 is 6.62. The molecule has 15 heavy (non-hydrogen) atoms. The Bertz CT molecular complexity index is 475. The van der Waals surface area contributed by atoms with Crippen molar-refractivity contribution in [1.29, 1.82) is 5.26 Å². The first kappa shape index (κ1) is 12.5. The molecule has 0 aliphatic carbocycles. The van der Waals surface area contributed by atoms with Gasteiger partial charge >= 0.3 is 0 Å². The second-order valence-electron chi connectivity index (χ2n) is 2.94. The van der Waals surface area contributed by atoms with E-state index in [2.05, 4.69) is 4.72 Å². The topological polar surface area (TPSA) is 70.0 Å². The normalized spacial score (nSPS) is 13.4. The van der Waals surface area contributed by atoms with Crippen LogP contribution in [0.4, 0.5) is 0 Å². The van der Waals surface area contributed by atoms with Crippen molar-refractivity contribution in [2.24, 2.45) is 0 Å². The van der Waals surface area contributed by atoms with Crippen LogP contribution >= 0.6 is 22.9 Å². The van der Waals surface area contributed by atoms with Gasteiger partial charge in [0.1, 0.15) is 4.21 Å². The Labute approximate surface area is 97.5 Å². The maximum Gasteiger partial charge on any atom is 0.250 e. The van der Waals surface area contributed by atoms with E-state index in [1.807, 2.05) is 6.07 Å². The van der Waals surface area contributed by atoms with Crippen LogP contribution in [-0.2, 0) is 10.0 Å². The number of hydrogen-bond acceptors (Lipinski definition) is 4. The van der Waals surface area contributed by atoms with Crippen molar-refractivity contribution in [2.75, 3.05) is 0 Å². The molecular weight excluding hydrogens is 256 g/mol. The number of sulfonamides is 1. The van der Waals surface area contributed by atoms with Crippen LogP contribution in [0.15, 0.2) is 16.3 Å². The van der Waals surface area contributed by atoms with Gasteiger partial charge in [0.2, 0.25) is 10.0 Å². The molecule has 1 aromatic rings. The smallest absolute Gasteiger partial charge is 0.207 e. The zero-order valence-electron chi connectivity index (χ0n) is 7.90. The van der Waals surface area contributed by atoms with E-state index in [1.54, 1.807) is 6.92 Å². The van der Waals surface area contributed by atoms with Gasteiger partial charge in [0.25, 0.3) is 0 Å². The molecule has 0 aromatic carbocycles. The fraction of sp³-hybridized carbons (Fsp3) is 0.375. The molecule has 1 N–H and O–H groups in total. The SMILES string of the molecule is CC(CC#N)NS(=O)(=O)c1ccc(Cl)s1. The molecule has 0 bridgehead atoms. The Hall–Kier alpha value is -0.610. The maximum atomic E-state index is 11.7. The molecule has 0 spiro atoms. The first-order valence-corrected chi connectivity index (χ1v) is 6.78. The molecular formula is C8H9ClN2O2S2. The summed E-state index contributed by atoms with van der Waals surface area (Å²) < 4.78 is 26.3. The predicted molar refractivity (Wildman–Crippen MR) is 59.3 cm³/mol. The lowest BCUT2D eigenvalue weighted by molar-refractivity contribution is 0.565. The quantitative estimate of drug-likeness (QED) is 0.904. The van der Waals surface area contributed by atoms with Crippen LogP contribution in [0.25, 0.3) is 0 Å². The minimum atomic E-state index is -3.53. The van der Waals surface area contributed by atoms with E-state index in [0.29, 0.717) is 4.34 Å². The predicted octanol–water partition coefficient (Wildman–Crippen LogP) is 1.98. The number of rotatable bonds is 4. The summed E-state index contributed by atoms with van der Waals surface area (Å²) in [6.07, 6.45) is 0.137. The van der Waals surface area contributed by atoms with Gasteiger partial charge < -0.3 is 0 Å². The lowest BCUT2D eigenvalue weighted by Crippen LogP contribution is -2.31. The number of thiophene rings is 1. The lowest BCUT2D eigenvalue weighted by atomic mass is 10.3. The number of hydrogen-bond donors (Lipinski definition) is 1. The Morgan fingerprint density at radius 1 is 1.67 bits per heavy atom. The second kappa shape index (κ2) is 4.94. The Kier molecular flexibility index (Phi) is 4.11. The van der Waals surface area contributed by atoms with Gasteiger partial charge in [-0.1, -0.05) is 11.6 Å². The van der Waals surface area contributed by atoms with Crippen molar-refractivity contribution in [3.05, 3.63) is 16.5 Å². The third-order valence-corrected chi connectivity index (χ3v) is 4.88. The Morgan fingerprint density at radius 3 is 2.80 bits per heavy atom. The van der Waals surface area contributed by atoms with Gasteiger partial charge in [-0.3, -0.25) is 0 Å². The summed E-state index contributed by atoms with van der Waals surface area (Å²) in [7, 11) is -3.53. The fourth-order valence-electron chi connectivity index (χ4n) is 0.944. The number of halogens is 1. The van der Waals surface area contributed by atoms with Crippen LogP contribution in [0, 0.1) is 11.3 Å². The highest BCUT2D eigenvalue weighted by Crippen LogP contribution is 2.25. The molecule has 0 saturated carbocycles. The average Bonchev–Trinajstić information content (AvgIpc) is 2.51. The minimum Gasteiger partial charge on any atom is -0.207 e. The van der Waals surface area contributed by atoms with E-state index < -0.39 is 16.1 Å². The third-order valence-electron chi connectivity index (χ3n) is 1.57. The van der Waals surface area contributed by atoms with E-state index in [4.69, 9.17) is 16.9 Å². The van der Waals surface area contributed by atoms with Crippen LogP contribution in [0.1, 0.15) is 13.3 Å². The van der Waals surface area contributed by atoms with Crippen LogP contribution in [0.5, 0.6) is 0 Å². The molecule has 4 nitrogen and oxygen atoms in total. The summed E-state index contributed by atoms with van der Waals surface area (Å²) in [4.78, 5) is 0. The van der Waals surface area contributed by atoms with Crippen LogP contribution < -0.4 is 4.72 Å². The highest BCUT2D eigenvalue weighted by Gasteiger charge is 2.18. The molecule has 0 aliphatic rings. The number of nitriles is 1. The van der Waals surface area contributed by atoms with E-state index >= 15 is 0 Å². The van der Waals surface area contributed by atoms with Crippen molar-refractivity contribution in [2.45, 2.75) is 23.6 Å². The largest absolute Gasteiger partial charge is 0.250 e. The van der Waals surface area contributed by atoms with Crippen molar-refractivity contribution in [3.8, 4) is 6.07 Å². The fourth-order valence-corrected chi connectivity index (χ4v) is 3.69.